The van der Waals surface area contributed by atoms with Crippen LogP contribution in [0.2, 0.25) is 0 Å². The average Bonchev–Trinajstić information content (AvgIpc) is 2.88. The molecule has 0 aromatic heterocycles. The van der Waals surface area contributed by atoms with Crippen LogP contribution in [0.1, 0.15) is 38.5 Å². The summed E-state index contributed by atoms with van der Waals surface area (Å²) in [5, 5.41) is 6.23. The van der Waals surface area contributed by atoms with Crippen LogP contribution in [-0.4, -0.2) is 47.9 Å². The molecular formula is C13H21N3O2. The largest absolute Gasteiger partial charge is 0.344 e. The van der Waals surface area contributed by atoms with Gasteiger partial charge in [0, 0.05) is 25.0 Å². The fraction of sp³-hybridized carbons (Fsp3) is 0.846. The predicted molar refractivity (Wildman–Crippen MR) is 66.9 cm³/mol. The van der Waals surface area contributed by atoms with Gasteiger partial charge in [-0.25, -0.2) is 0 Å². The molecule has 1 unspecified atom stereocenters. The van der Waals surface area contributed by atoms with E-state index in [0.29, 0.717) is 24.9 Å². The van der Waals surface area contributed by atoms with E-state index in [-0.39, 0.29) is 17.9 Å². The van der Waals surface area contributed by atoms with E-state index in [0.717, 1.165) is 32.4 Å². The first-order valence-corrected chi connectivity index (χ1v) is 7.07. The van der Waals surface area contributed by atoms with Gasteiger partial charge in [-0.15, -0.1) is 0 Å². The minimum absolute atomic E-state index is 0.0167. The van der Waals surface area contributed by atoms with E-state index in [1.54, 1.807) is 0 Å². The first-order valence-electron chi connectivity index (χ1n) is 7.07. The van der Waals surface area contributed by atoms with Gasteiger partial charge < -0.3 is 15.5 Å². The Bertz CT molecular complexity index is 348. The van der Waals surface area contributed by atoms with Crippen molar-refractivity contribution in [3.05, 3.63) is 0 Å². The number of hydrogen-bond acceptors (Lipinski definition) is 3. The third-order valence-corrected chi connectivity index (χ3v) is 4.14. The molecule has 0 aromatic carbocycles. The molecule has 1 saturated carbocycles. The second-order valence-corrected chi connectivity index (χ2v) is 5.67. The van der Waals surface area contributed by atoms with Crippen LogP contribution in [0.5, 0.6) is 0 Å². The smallest absolute Gasteiger partial charge is 0.245 e. The van der Waals surface area contributed by atoms with Crippen LogP contribution in [0.4, 0.5) is 0 Å². The number of rotatable bonds is 4. The Kier molecular flexibility index (Phi) is 3.24. The van der Waals surface area contributed by atoms with Gasteiger partial charge in [0.15, 0.2) is 0 Å². The van der Waals surface area contributed by atoms with Crippen LogP contribution < -0.4 is 10.6 Å². The molecule has 0 bridgehead atoms. The molecule has 2 heterocycles. The standard InChI is InChI=1S/C13H21N3O2/c17-12-6-5-11(15-12)13(18)16(10-3-4-10)8-9-2-1-7-14-9/h9-11,14H,1-8H2,(H,15,17)/t9?,11-/m1/s1. The Hall–Kier alpha value is -1.10. The molecule has 1 aliphatic carbocycles. The number of carbonyl (C=O) groups is 2. The Morgan fingerprint density at radius 3 is 2.67 bits per heavy atom. The lowest BCUT2D eigenvalue weighted by Crippen LogP contribution is -2.49. The van der Waals surface area contributed by atoms with Gasteiger partial charge in [0.1, 0.15) is 6.04 Å². The maximum absolute atomic E-state index is 12.4. The van der Waals surface area contributed by atoms with Gasteiger partial charge in [-0.05, 0) is 38.6 Å². The van der Waals surface area contributed by atoms with Gasteiger partial charge >= 0.3 is 0 Å². The highest BCUT2D eigenvalue weighted by atomic mass is 16.2. The lowest BCUT2D eigenvalue weighted by Gasteiger charge is -2.28. The zero-order valence-electron chi connectivity index (χ0n) is 10.7. The number of carbonyl (C=O) groups excluding carboxylic acids is 2. The molecule has 2 atom stereocenters. The van der Waals surface area contributed by atoms with Crippen LogP contribution in [0.25, 0.3) is 0 Å². The predicted octanol–water partition coefficient (Wildman–Crippen LogP) is 0.00800. The molecule has 0 radical (unpaired) electrons. The minimum Gasteiger partial charge on any atom is -0.344 e. The Balaban J connectivity index is 1.61. The lowest BCUT2D eigenvalue weighted by atomic mass is 10.1. The van der Waals surface area contributed by atoms with E-state index in [2.05, 4.69) is 10.6 Å². The SMILES string of the molecule is O=C1CC[C@H](C(=O)N(CC2CCCN2)C2CC2)N1. The van der Waals surface area contributed by atoms with E-state index < -0.39 is 0 Å². The molecule has 5 heteroatoms. The van der Waals surface area contributed by atoms with E-state index in [9.17, 15) is 9.59 Å². The lowest BCUT2D eigenvalue weighted by molar-refractivity contribution is -0.135. The van der Waals surface area contributed by atoms with Crippen molar-refractivity contribution in [2.75, 3.05) is 13.1 Å². The van der Waals surface area contributed by atoms with E-state index in [1.807, 2.05) is 4.90 Å². The van der Waals surface area contributed by atoms with Crippen molar-refractivity contribution in [1.82, 2.24) is 15.5 Å². The highest BCUT2D eigenvalue weighted by Crippen LogP contribution is 2.29. The van der Waals surface area contributed by atoms with Crippen LogP contribution in [-0.2, 0) is 9.59 Å². The van der Waals surface area contributed by atoms with Crippen molar-refractivity contribution in [1.29, 1.82) is 0 Å². The molecule has 18 heavy (non-hydrogen) atoms. The summed E-state index contributed by atoms with van der Waals surface area (Å²) in [5.41, 5.74) is 0. The molecule has 5 nitrogen and oxygen atoms in total. The summed E-state index contributed by atoms with van der Waals surface area (Å²) in [6.07, 6.45) is 5.78. The molecular weight excluding hydrogens is 230 g/mol. The summed E-state index contributed by atoms with van der Waals surface area (Å²) in [7, 11) is 0. The zero-order chi connectivity index (χ0) is 12.5. The summed E-state index contributed by atoms with van der Waals surface area (Å²) >= 11 is 0. The number of amides is 2. The topological polar surface area (TPSA) is 61.4 Å². The first-order chi connectivity index (χ1) is 8.74. The van der Waals surface area contributed by atoms with Crippen molar-refractivity contribution >= 4 is 11.8 Å². The van der Waals surface area contributed by atoms with Crippen LogP contribution >= 0.6 is 0 Å². The van der Waals surface area contributed by atoms with Gasteiger partial charge in [0.05, 0.1) is 0 Å². The molecule has 2 aliphatic heterocycles. The van der Waals surface area contributed by atoms with Crippen LogP contribution in [0.3, 0.4) is 0 Å². The number of nitrogens with one attached hydrogen (secondary N) is 2. The zero-order valence-corrected chi connectivity index (χ0v) is 10.7. The third kappa shape index (κ3) is 2.51. The summed E-state index contributed by atoms with van der Waals surface area (Å²) in [6.45, 7) is 1.88. The van der Waals surface area contributed by atoms with Gasteiger partial charge in [-0.2, -0.15) is 0 Å². The van der Waals surface area contributed by atoms with E-state index in [4.69, 9.17) is 0 Å². The van der Waals surface area contributed by atoms with Gasteiger partial charge in [0.25, 0.3) is 0 Å². The monoisotopic (exact) mass is 251 g/mol. The molecule has 0 spiro atoms. The molecule has 2 amide bonds. The molecule has 3 aliphatic rings. The minimum atomic E-state index is -0.264. The fourth-order valence-electron chi connectivity index (χ4n) is 2.95. The highest BCUT2D eigenvalue weighted by molar-refractivity contribution is 5.91. The fourth-order valence-corrected chi connectivity index (χ4v) is 2.95. The van der Waals surface area contributed by atoms with E-state index in [1.165, 1.54) is 6.42 Å². The highest BCUT2D eigenvalue weighted by Gasteiger charge is 2.39. The third-order valence-electron chi connectivity index (χ3n) is 4.14. The molecule has 3 fully saturated rings. The summed E-state index contributed by atoms with van der Waals surface area (Å²) in [5.74, 6) is 0.153. The van der Waals surface area contributed by atoms with Gasteiger partial charge in [0.2, 0.25) is 11.8 Å². The summed E-state index contributed by atoms with van der Waals surface area (Å²) < 4.78 is 0. The van der Waals surface area contributed by atoms with Crippen molar-refractivity contribution in [2.45, 2.75) is 56.7 Å². The normalized spacial score (nSPS) is 31.4. The second kappa shape index (κ2) is 4.88. The van der Waals surface area contributed by atoms with Crippen molar-refractivity contribution < 1.29 is 9.59 Å². The Labute approximate surface area is 107 Å². The van der Waals surface area contributed by atoms with Crippen LogP contribution in [0.15, 0.2) is 0 Å². The Morgan fingerprint density at radius 1 is 1.28 bits per heavy atom. The molecule has 2 N–H and O–H groups in total. The Morgan fingerprint density at radius 2 is 2.11 bits per heavy atom. The maximum atomic E-state index is 12.4. The second-order valence-electron chi connectivity index (χ2n) is 5.67. The van der Waals surface area contributed by atoms with Crippen molar-refractivity contribution in [3.63, 3.8) is 0 Å². The quantitative estimate of drug-likeness (QED) is 0.740. The first kappa shape index (κ1) is 12.0. The average molecular weight is 251 g/mol. The van der Waals surface area contributed by atoms with Crippen molar-refractivity contribution in [3.8, 4) is 0 Å². The molecule has 2 saturated heterocycles. The number of hydrogen-bond donors (Lipinski definition) is 2. The van der Waals surface area contributed by atoms with Gasteiger partial charge in [-0.3, -0.25) is 9.59 Å². The van der Waals surface area contributed by atoms with Crippen molar-refractivity contribution in [2.24, 2.45) is 0 Å². The molecule has 3 rings (SSSR count). The summed E-state index contributed by atoms with van der Waals surface area (Å²) in [4.78, 5) is 25.7. The molecule has 100 valence electrons. The van der Waals surface area contributed by atoms with Crippen LogP contribution in [0, 0.1) is 0 Å². The van der Waals surface area contributed by atoms with E-state index >= 15 is 0 Å². The maximum Gasteiger partial charge on any atom is 0.245 e. The van der Waals surface area contributed by atoms with Gasteiger partial charge in [-0.1, -0.05) is 0 Å². The number of nitrogens with zero attached hydrogens (tertiary/aromatic N) is 1. The molecule has 0 aromatic rings. The summed E-state index contributed by atoms with van der Waals surface area (Å²) in [6, 6.07) is 0.614.